The predicted octanol–water partition coefficient (Wildman–Crippen LogP) is 5.11. The van der Waals surface area contributed by atoms with Crippen molar-refractivity contribution in [2.24, 2.45) is 0 Å². The monoisotopic (exact) mass is 635 g/mol. The second kappa shape index (κ2) is 15.9. The first-order valence-electron chi connectivity index (χ1n) is 14.9. The Hall–Kier alpha value is -3.93. The van der Waals surface area contributed by atoms with E-state index in [0.29, 0.717) is 36.6 Å². The second-order valence-electron chi connectivity index (χ2n) is 11.2. The lowest BCUT2D eigenvalue weighted by molar-refractivity contribution is -0.237. The first-order valence-corrected chi connectivity index (χ1v) is 15.9. The molecule has 45 heavy (non-hydrogen) atoms. The summed E-state index contributed by atoms with van der Waals surface area (Å²) < 4.78 is 23.9. The zero-order valence-electron chi connectivity index (χ0n) is 26.2. The molecule has 10 nitrogen and oxygen atoms in total. The second-order valence-corrected chi connectivity index (χ2v) is 12.2. The van der Waals surface area contributed by atoms with Crippen LogP contribution in [0.3, 0.4) is 0 Å². The van der Waals surface area contributed by atoms with Gasteiger partial charge < -0.3 is 29.3 Å². The summed E-state index contributed by atoms with van der Waals surface area (Å²) in [6, 6.07) is 3.21. The number of oxazole rings is 1. The zero-order valence-corrected chi connectivity index (χ0v) is 27.0. The van der Waals surface area contributed by atoms with E-state index >= 15 is 0 Å². The lowest BCUT2D eigenvalue weighted by Crippen LogP contribution is -2.44. The SMILES string of the molecule is C=C/C=C/[C@@H]1C[C@H](Cc2nc(C(=O)N[C@@H]3CS/C(C(=O)NCC=C)=C\C[C@@H](C)OC3=O)co2)O[C@H](c2c(C)cc(C)cc2C)O1. The van der Waals surface area contributed by atoms with Crippen LogP contribution in [0.1, 0.15) is 64.7 Å². The number of esters is 1. The third-order valence-electron chi connectivity index (χ3n) is 7.31. The largest absolute Gasteiger partial charge is 0.461 e. The molecule has 0 bridgehead atoms. The van der Waals surface area contributed by atoms with Crippen LogP contribution < -0.4 is 10.6 Å². The number of aromatic nitrogens is 1. The number of carbonyl (C=O) groups is 3. The molecule has 2 aliphatic rings. The minimum absolute atomic E-state index is 0.0205. The summed E-state index contributed by atoms with van der Waals surface area (Å²) in [5, 5.41) is 5.43. The average molecular weight is 636 g/mol. The summed E-state index contributed by atoms with van der Waals surface area (Å²) in [5.74, 6) is -1.04. The lowest BCUT2D eigenvalue weighted by Gasteiger charge is -2.35. The summed E-state index contributed by atoms with van der Waals surface area (Å²) in [6.45, 7) is 15.6. The highest BCUT2D eigenvalue weighted by atomic mass is 32.2. The molecule has 2 aromatic rings. The van der Waals surface area contributed by atoms with Crippen molar-refractivity contribution >= 4 is 29.5 Å². The molecule has 3 heterocycles. The van der Waals surface area contributed by atoms with Crippen LogP contribution in [0.15, 0.2) is 71.3 Å². The fourth-order valence-corrected chi connectivity index (χ4v) is 6.22. The standard InChI is InChI=1S/C34H41N3O7S/c1-7-9-10-24-16-25(44-34(43-24)30-21(4)14-20(3)15-22(30)5)17-29-36-26(18-41-29)31(38)37-27-19-45-28(32(39)35-13-8-2)12-11-23(6)42-33(27)40/h7-10,12,14-15,18,23-25,27,34H,1-2,11,13,16-17,19H2,3-6H3,(H,35,39)(H,37,38)/b10-9+,28-12-/t23-,24-,25-,27-,34-/m1/s1. The smallest absolute Gasteiger partial charge is 0.329 e. The van der Waals surface area contributed by atoms with E-state index in [1.165, 1.54) is 18.0 Å². The van der Waals surface area contributed by atoms with Crippen molar-refractivity contribution in [3.05, 3.63) is 101 Å². The number of cyclic esters (lactones) is 1. The van der Waals surface area contributed by atoms with E-state index in [9.17, 15) is 14.4 Å². The minimum Gasteiger partial charge on any atom is -0.461 e. The molecule has 5 atom stereocenters. The summed E-state index contributed by atoms with van der Waals surface area (Å²) >= 11 is 1.17. The molecule has 0 radical (unpaired) electrons. The van der Waals surface area contributed by atoms with Crippen molar-refractivity contribution in [3.63, 3.8) is 0 Å². The third-order valence-corrected chi connectivity index (χ3v) is 8.47. The maximum atomic E-state index is 13.2. The zero-order chi connectivity index (χ0) is 32.5. The molecule has 1 saturated heterocycles. The Morgan fingerprint density at radius 2 is 1.89 bits per heavy atom. The number of nitrogens with one attached hydrogen (secondary N) is 2. The minimum atomic E-state index is -1.00. The molecule has 0 saturated carbocycles. The maximum absolute atomic E-state index is 13.2. The molecule has 4 rings (SSSR count). The molecule has 0 unspecified atom stereocenters. The fraction of sp³-hybridized carbons (Fsp3) is 0.412. The molecule has 1 fully saturated rings. The van der Waals surface area contributed by atoms with E-state index in [1.807, 2.05) is 26.0 Å². The van der Waals surface area contributed by atoms with Crippen molar-refractivity contribution in [2.45, 2.75) is 77.6 Å². The molecular formula is C34H41N3O7S. The van der Waals surface area contributed by atoms with Crippen LogP contribution in [0.25, 0.3) is 0 Å². The van der Waals surface area contributed by atoms with Gasteiger partial charge in [0.05, 0.1) is 23.5 Å². The van der Waals surface area contributed by atoms with Crippen molar-refractivity contribution in [2.75, 3.05) is 12.3 Å². The molecule has 2 aliphatic heterocycles. The molecule has 2 N–H and O–H groups in total. The van der Waals surface area contributed by atoms with Crippen LogP contribution in [0, 0.1) is 20.8 Å². The summed E-state index contributed by atoms with van der Waals surface area (Å²) in [4.78, 5) is 43.4. The van der Waals surface area contributed by atoms with Gasteiger partial charge in [-0.3, -0.25) is 9.59 Å². The Kier molecular flexibility index (Phi) is 12.0. The topological polar surface area (TPSA) is 129 Å². The van der Waals surface area contributed by atoms with Crippen molar-refractivity contribution < 1.29 is 33.0 Å². The number of aryl methyl sites for hydroxylation is 3. The van der Waals surface area contributed by atoms with Gasteiger partial charge in [-0.25, -0.2) is 9.78 Å². The number of hydrogen-bond acceptors (Lipinski definition) is 9. The molecule has 11 heteroatoms. The Labute approximate surface area is 268 Å². The van der Waals surface area contributed by atoms with E-state index in [2.05, 4.69) is 47.8 Å². The Balaban J connectivity index is 1.44. The molecule has 1 aromatic carbocycles. The number of carbonyl (C=O) groups excluding carboxylic acids is 3. The number of ether oxygens (including phenoxy) is 3. The molecule has 1 aromatic heterocycles. The van der Waals surface area contributed by atoms with E-state index in [4.69, 9.17) is 18.6 Å². The predicted molar refractivity (Wildman–Crippen MR) is 172 cm³/mol. The van der Waals surface area contributed by atoms with Gasteiger partial charge in [0.2, 0.25) is 0 Å². The number of hydrogen-bond donors (Lipinski definition) is 2. The number of rotatable bonds is 10. The Morgan fingerprint density at radius 1 is 1.13 bits per heavy atom. The van der Waals surface area contributed by atoms with Crippen molar-refractivity contribution in [1.82, 2.24) is 15.6 Å². The van der Waals surface area contributed by atoms with Gasteiger partial charge in [0.25, 0.3) is 11.8 Å². The quantitative estimate of drug-likeness (QED) is 0.208. The van der Waals surface area contributed by atoms with Gasteiger partial charge >= 0.3 is 5.97 Å². The van der Waals surface area contributed by atoms with Gasteiger partial charge in [-0.15, -0.1) is 18.3 Å². The van der Waals surface area contributed by atoms with Gasteiger partial charge in [0.15, 0.2) is 17.9 Å². The van der Waals surface area contributed by atoms with Crippen LogP contribution in [-0.4, -0.2) is 59.4 Å². The molecular weight excluding hydrogens is 594 g/mol. The van der Waals surface area contributed by atoms with E-state index in [-0.39, 0.29) is 29.6 Å². The van der Waals surface area contributed by atoms with Gasteiger partial charge in [0, 0.05) is 30.7 Å². The van der Waals surface area contributed by atoms with Gasteiger partial charge in [-0.1, -0.05) is 54.7 Å². The Bertz CT molecular complexity index is 1460. The van der Waals surface area contributed by atoms with Crippen LogP contribution in [0.5, 0.6) is 0 Å². The third kappa shape index (κ3) is 9.29. The summed E-state index contributed by atoms with van der Waals surface area (Å²) in [7, 11) is 0. The fourth-order valence-electron chi connectivity index (χ4n) is 5.24. The average Bonchev–Trinajstić information content (AvgIpc) is 3.47. The highest BCUT2D eigenvalue weighted by Crippen LogP contribution is 2.35. The highest BCUT2D eigenvalue weighted by Gasteiger charge is 2.33. The van der Waals surface area contributed by atoms with Gasteiger partial charge in [-0.05, 0) is 38.8 Å². The van der Waals surface area contributed by atoms with Crippen molar-refractivity contribution in [3.8, 4) is 0 Å². The first-order chi connectivity index (χ1) is 21.6. The molecule has 240 valence electrons. The van der Waals surface area contributed by atoms with E-state index in [1.54, 1.807) is 25.2 Å². The van der Waals surface area contributed by atoms with E-state index in [0.717, 1.165) is 22.3 Å². The number of thioether (sulfide) groups is 1. The molecule has 0 aliphatic carbocycles. The number of nitrogens with zero attached hydrogens (tertiary/aromatic N) is 1. The number of benzene rings is 1. The van der Waals surface area contributed by atoms with Crippen LogP contribution in [0.4, 0.5) is 0 Å². The van der Waals surface area contributed by atoms with Crippen LogP contribution in [0.2, 0.25) is 0 Å². The summed E-state index contributed by atoms with van der Waals surface area (Å²) in [5.41, 5.74) is 4.33. The van der Waals surface area contributed by atoms with Crippen LogP contribution >= 0.6 is 11.8 Å². The molecule has 2 amide bonds. The van der Waals surface area contributed by atoms with Crippen molar-refractivity contribution in [1.29, 1.82) is 0 Å². The van der Waals surface area contributed by atoms with Crippen LogP contribution in [-0.2, 0) is 30.2 Å². The van der Waals surface area contributed by atoms with E-state index < -0.39 is 30.3 Å². The molecule has 0 spiro atoms. The summed E-state index contributed by atoms with van der Waals surface area (Å²) in [6.07, 6.45) is 9.70. The lowest BCUT2D eigenvalue weighted by atomic mass is 9.98. The number of allylic oxidation sites excluding steroid dienone is 2. The maximum Gasteiger partial charge on any atom is 0.329 e. The van der Waals surface area contributed by atoms with Gasteiger partial charge in [-0.2, -0.15) is 0 Å². The normalized spacial score (nSPS) is 25.2. The first kappa shape index (κ1) is 34.0. The Morgan fingerprint density at radius 3 is 2.60 bits per heavy atom. The van der Waals surface area contributed by atoms with Gasteiger partial charge in [0.1, 0.15) is 18.4 Å². The number of amides is 2. The highest BCUT2D eigenvalue weighted by molar-refractivity contribution is 8.04.